The molecule has 0 saturated carbocycles. The lowest BCUT2D eigenvalue weighted by Gasteiger charge is -2.38. The van der Waals surface area contributed by atoms with Gasteiger partial charge in [0.2, 0.25) is 6.33 Å². The Hall–Kier alpha value is -1.70. The van der Waals surface area contributed by atoms with Gasteiger partial charge in [-0.1, -0.05) is 0 Å². The summed E-state index contributed by atoms with van der Waals surface area (Å²) >= 11 is 0. The van der Waals surface area contributed by atoms with Crippen LogP contribution >= 0.6 is 0 Å². The van der Waals surface area contributed by atoms with Crippen molar-refractivity contribution in [2.75, 3.05) is 0 Å². The predicted octanol–water partition coefficient (Wildman–Crippen LogP) is 4.75. The van der Waals surface area contributed by atoms with Crippen molar-refractivity contribution < 1.29 is 61.6 Å². The molecule has 0 bridgehead atoms. The molecule has 0 radical (unpaired) electrons. The molecule has 0 aliphatic heterocycles. The average molecular weight is 429 g/mol. The van der Waals surface area contributed by atoms with Crippen LogP contribution in [0.1, 0.15) is 12.8 Å². The third-order valence-corrected chi connectivity index (χ3v) is 3.44. The Morgan fingerprint density at radius 3 is 1.56 bits per heavy atom. The second-order valence-electron chi connectivity index (χ2n) is 5.57. The van der Waals surface area contributed by atoms with E-state index in [-0.39, 0.29) is 12.5 Å². The van der Waals surface area contributed by atoms with Gasteiger partial charge in [-0.05, 0) is 0 Å². The second kappa shape index (κ2) is 6.43. The lowest BCUT2D eigenvalue weighted by molar-refractivity contribution is -0.672. The number of hydrogen-bond acceptors (Lipinski definition) is 0. The van der Waals surface area contributed by atoms with Crippen LogP contribution in [0.25, 0.3) is 0 Å². The van der Waals surface area contributed by atoms with E-state index in [0.717, 1.165) is 7.05 Å². The maximum absolute atomic E-state index is 13.7. The molecule has 2 nitrogen and oxygen atoms in total. The van der Waals surface area contributed by atoms with Crippen LogP contribution in [0.3, 0.4) is 0 Å². The molecule has 1 rings (SSSR count). The molecule has 15 heteroatoms. The summed E-state index contributed by atoms with van der Waals surface area (Å²) in [6, 6.07) is -6.12. The summed E-state index contributed by atoms with van der Waals surface area (Å²) in [5.74, 6) is -28.1. The van der Waals surface area contributed by atoms with E-state index in [0.29, 0.717) is 10.8 Å². The van der Waals surface area contributed by atoms with Gasteiger partial charge in [0.15, 0.2) is 0 Å². The van der Waals surface area contributed by atoms with Crippen molar-refractivity contribution in [3.63, 3.8) is 0 Å². The minimum Gasteiger partial charge on any atom is -0.239 e. The number of rotatable bonds is 7. The van der Waals surface area contributed by atoms with E-state index in [1.807, 2.05) is 0 Å². The normalized spacial score (nSPS) is 15.3. The molecule has 0 aliphatic carbocycles. The third kappa shape index (κ3) is 3.81. The standard InChI is InChI=1S/C12H10F13N2/c1-26-4-5-27(6-26)12(24,25)11(22,23)10(20,21)9(18,19)7(13,14)2-3-8(15,16)17/h4-6H,2-3H2,1H3/q+1. The van der Waals surface area contributed by atoms with Crippen molar-refractivity contribution in [1.29, 1.82) is 0 Å². The van der Waals surface area contributed by atoms with E-state index >= 15 is 0 Å². The first kappa shape index (κ1) is 23.3. The van der Waals surface area contributed by atoms with Gasteiger partial charge >= 0.3 is 35.9 Å². The lowest BCUT2D eigenvalue weighted by Crippen LogP contribution is -2.67. The number of halogens is 13. The molecule has 0 aromatic carbocycles. The van der Waals surface area contributed by atoms with Crippen LogP contribution in [0.5, 0.6) is 0 Å². The van der Waals surface area contributed by atoms with E-state index in [1.165, 1.54) is 0 Å². The van der Waals surface area contributed by atoms with Crippen LogP contribution in [-0.2, 0) is 13.1 Å². The van der Waals surface area contributed by atoms with Crippen LogP contribution in [0.4, 0.5) is 57.1 Å². The minimum absolute atomic E-state index is 0.0733. The number of nitrogens with zero attached hydrogens (tertiary/aromatic N) is 2. The van der Waals surface area contributed by atoms with Gasteiger partial charge in [0.05, 0.1) is 7.05 Å². The molecule has 27 heavy (non-hydrogen) atoms. The molecule has 0 N–H and O–H groups in total. The van der Waals surface area contributed by atoms with Crippen molar-refractivity contribution in [2.45, 2.75) is 48.8 Å². The summed E-state index contributed by atoms with van der Waals surface area (Å²) in [6.07, 6.45) is -10.5. The number of aromatic nitrogens is 2. The highest BCUT2D eigenvalue weighted by Crippen LogP contribution is 2.59. The highest BCUT2D eigenvalue weighted by atomic mass is 19.4. The second-order valence-corrected chi connectivity index (χ2v) is 5.57. The van der Waals surface area contributed by atoms with E-state index in [2.05, 4.69) is 0 Å². The Balaban J connectivity index is 3.35. The summed E-state index contributed by atoms with van der Waals surface area (Å²) < 4.78 is 170. The lowest BCUT2D eigenvalue weighted by atomic mass is 9.94. The van der Waals surface area contributed by atoms with Crippen LogP contribution in [0.15, 0.2) is 18.7 Å². The molecule has 0 unspecified atom stereocenters. The van der Waals surface area contributed by atoms with Gasteiger partial charge in [-0.3, -0.25) is 0 Å². The summed E-state index contributed by atoms with van der Waals surface area (Å²) in [4.78, 5) is 0. The Morgan fingerprint density at radius 2 is 1.19 bits per heavy atom. The average Bonchev–Trinajstić information content (AvgIpc) is 2.91. The monoisotopic (exact) mass is 429 g/mol. The van der Waals surface area contributed by atoms with Crippen molar-refractivity contribution in [1.82, 2.24) is 4.57 Å². The fraction of sp³-hybridized carbons (Fsp3) is 0.750. The molecule has 0 fully saturated rings. The number of alkyl halides is 13. The van der Waals surface area contributed by atoms with Crippen molar-refractivity contribution >= 4 is 0 Å². The van der Waals surface area contributed by atoms with E-state index in [9.17, 15) is 57.1 Å². The zero-order valence-corrected chi connectivity index (χ0v) is 13.0. The topological polar surface area (TPSA) is 8.81 Å². The van der Waals surface area contributed by atoms with Crippen molar-refractivity contribution in [3.05, 3.63) is 18.7 Å². The molecule has 1 aromatic rings. The zero-order valence-electron chi connectivity index (χ0n) is 13.0. The van der Waals surface area contributed by atoms with Crippen LogP contribution < -0.4 is 4.57 Å². The molecule has 0 aliphatic rings. The zero-order chi connectivity index (χ0) is 21.7. The fourth-order valence-corrected chi connectivity index (χ4v) is 1.85. The summed E-state index contributed by atoms with van der Waals surface area (Å²) in [6.45, 7) is 0. The molecule has 158 valence electrons. The molecular weight excluding hydrogens is 419 g/mol. The first-order chi connectivity index (χ1) is 11.7. The molecule has 0 atom stereocenters. The van der Waals surface area contributed by atoms with Gasteiger partial charge in [-0.2, -0.15) is 61.6 Å². The van der Waals surface area contributed by atoms with Gasteiger partial charge in [-0.15, -0.1) is 0 Å². The number of hydrogen-bond donors (Lipinski definition) is 0. The molecule has 0 saturated heterocycles. The van der Waals surface area contributed by atoms with E-state index < -0.39 is 53.3 Å². The quantitative estimate of drug-likeness (QED) is 0.437. The van der Waals surface area contributed by atoms with Crippen LogP contribution in [-0.4, -0.2) is 34.4 Å². The molecule has 1 aromatic heterocycles. The summed E-state index contributed by atoms with van der Waals surface area (Å²) in [5.41, 5.74) is 0. The van der Waals surface area contributed by atoms with Crippen LogP contribution in [0.2, 0.25) is 0 Å². The predicted molar refractivity (Wildman–Crippen MR) is 60.9 cm³/mol. The molecular formula is C12H10F13N2+. The minimum atomic E-state index is -7.42. The summed E-state index contributed by atoms with van der Waals surface area (Å²) in [7, 11) is 0.961. The SMILES string of the molecule is C[n+]1ccn(C(F)(F)C(F)(F)C(F)(F)C(F)(F)C(F)(F)CCC(F)(F)F)c1. The van der Waals surface area contributed by atoms with E-state index in [4.69, 9.17) is 0 Å². The van der Waals surface area contributed by atoms with Gasteiger partial charge in [0.25, 0.3) is 0 Å². The van der Waals surface area contributed by atoms with Gasteiger partial charge in [-0.25, -0.2) is 4.57 Å². The van der Waals surface area contributed by atoms with Crippen LogP contribution in [0, 0.1) is 0 Å². The largest absolute Gasteiger partial charge is 0.469 e. The molecule has 1 heterocycles. The first-order valence-electron chi connectivity index (χ1n) is 6.70. The highest BCUT2D eigenvalue weighted by molar-refractivity contribution is 5.07. The van der Waals surface area contributed by atoms with Gasteiger partial charge in [0, 0.05) is 12.8 Å². The number of imidazole rings is 1. The summed E-state index contributed by atoms with van der Waals surface area (Å²) in [5, 5.41) is 0. The Morgan fingerprint density at radius 1 is 0.704 bits per heavy atom. The van der Waals surface area contributed by atoms with E-state index in [1.54, 1.807) is 0 Å². The third-order valence-electron chi connectivity index (χ3n) is 3.44. The van der Waals surface area contributed by atoms with Gasteiger partial charge in [0.1, 0.15) is 12.4 Å². The first-order valence-corrected chi connectivity index (χ1v) is 6.70. The highest BCUT2D eigenvalue weighted by Gasteiger charge is 2.88. The molecule has 0 spiro atoms. The molecule has 0 amide bonds. The Bertz CT molecular complexity index is 658. The van der Waals surface area contributed by atoms with Crippen molar-refractivity contribution in [2.24, 2.45) is 7.05 Å². The maximum Gasteiger partial charge on any atom is 0.469 e. The van der Waals surface area contributed by atoms with Crippen molar-refractivity contribution in [3.8, 4) is 0 Å². The number of aryl methyl sites for hydroxylation is 1. The fourth-order valence-electron chi connectivity index (χ4n) is 1.85. The van der Waals surface area contributed by atoms with Gasteiger partial charge < -0.3 is 0 Å². The maximum atomic E-state index is 13.7. The smallest absolute Gasteiger partial charge is 0.239 e. The Kier molecular flexibility index (Phi) is 5.56. The Labute approximate surface area is 142 Å².